The Hall–Kier alpha value is -7.05. The van der Waals surface area contributed by atoms with Crippen LogP contribution in [0.4, 0.5) is 27.8 Å². The van der Waals surface area contributed by atoms with Gasteiger partial charge in [-0.2, -0.15) is 10.2 Å². The molecule has 4 fully saturated rings. The lowest BCUT2D eigenvalue weighted by Gasteiger charge is -2.41. The number of hydrogen-bond acceptors (Lipinski definition) is 15. The van der Waals surface area contributed by atoms with E-state index in [4.69, 9.17) is 30.6 Å². The van der Waals surface area contributed by atoms with Crippen molar-refractivity contribution in [3.63, 3.8) is 0 Å². The number of nitrogens with two attached hydrogens (primary N) is 1. The zero-order valence-corrected chi connectivity index (χ0v) is 46.8. The maximum absolute atomic E-state index is 13.9. The molecule has 4 aromatic heterocycles. The number of aromatic nitrogens is 6. The maximum atomic E-state index is 13.9. The molecule has 4 aliphatic heterocycles. The molecular formula is C53H70N14O8S2. The molecule has 6 aromatic rings. The molecule has 0 saturated carbocycles. The predicted molar refractivity (Wildman–Crippen MR) is 296 cm³/mol. The third-order valence-electron chi connectivity index (χ3n) is 14.0. The SMILES string of the molecule is Cc1ccc(NS(C)(=O)=O)c(C(=O)N2CCCC[C@H]2c2cc3nc(N4CC(N)C4)c(C)cn3n2)c1.Cc1ccc(NS(C)(=O)=O)c(C(=O)N2CCCC[C@H]2c2cc3nc(N4CC(NC(=O)OC(C)(C)C)C4)c(C)cn3n2)c1. The second kappa shape index (κ2) is 21.4. The monoisotopic (exact) mass is 1090 g/mol. The van der Waals surface area contributed by atoms with E-state index in [0.717, 1.165) is 115 Å². The van der Waals surface area contributed by atoms with Crippen molar-refractivity contribution in [2.75, 3.05) is 71.0 Å². The molecule has 412 valence electrons. The molecule has 77 heavy (non-hydrogen) atoms. The van der Waals surface area contributed by atoms with E-state index in [1.165, 1.54) is 0 Å². The number of piperidine rings is 2. The van der Waals surface area contributed by atoms with Crippen LogP contribution in [0.15, 0.2) is 60.9 Å². The highest BCUT2D eigenvalue weighted by atomic mass is 32.2. The Labute approximate surface area is 449 Å². The van der Waals surface area contributed by atoms with Crippen molar-refractivity contribution < 1.29 is 36.0 Å². The molecule has 2 atom stereocenters. The molecule has 3 amide bonds. The number of anilines is 4. The molecule has 0 bridgehead atoms. The average Bonchev–Trinajstić information content (AvgIpc) is 3.95. The minimum absolute atomic E-state index is 0.0248. The number of hydrogen-bond donors (Lipinski definition) is 4. The van der Waals surface area contributed by atoms with E-state index in [2.05, 4.69) is 24.6 Å². The van der Waals surface area contributed by atoms with Crippen LogP contribution in [-0.4, -0.2) is 143 Å². The minimum Gasteiger partial charge on any atom is -0.444 e. The maximum Gasteiger partial charge on any atom is 0.407 e. The predicted octanol–water partition coefficient (Wildman–Crippen LogP) is 6.03. The minimum atomic E-state index is -3.57. The first-order valence-corrected chi connectivity index (χ1v) is 29.8. The van der Waals surface area contributed by atoms with Crippen LogP contribution >= 0.6 is 0 Å². The van der Waals surface area contributed by atoms with Gasteiger partial charge in [0.05, 0.1) is 64.5 Å². The van der Waals surface area contributed by atoms with Crippen molar-refractivity contribution >= 4 is 72.3 Å². The van der Waals surface area contributed by atoms with Gasteiger partial charge in [0.1, 0.15) is 17.2 Å². The molecule has 2 aromatic carbocycles. The van der Waals surface area contributed by atoms with E-state index in [1.54, 1.807) is 50.3 Å². The number of aryl methyl sites for hydroxylation is 4. The molecule has 8 heterocycles. The van der Waals surface area contributed by atoms with Crippen LogP contribution in [0.5, 0.6) is 0 Å². The Balaban J connectivity index is 0.000000191. The molecule has 4 saturated heterocycles. The molecule has 24 heteroatoms. The zero-order chi connectivity index (χ0) is 55.3. The van der Waals surface area contributed by atoms with Gasteiger partial charge in [0.15, 0.2) is 11.3 Å². The summed E-state index contributed by atoms with van der Waals surface area (Å²) in [5, 5.41) is 12.5. The second-order valence-electron chi connectivity index (χ2n) is 22.0. The molecule has 5 N–H and O–H groups in total. The number of fused-ring (bicyclic) bond motifs is 2. The van der Waals surface area contributed by atoms with Crippen LogP contribution in [0.3, 0.4) is 0 Å². The van der Waals surface area contributed by atoms with Crippen LogP contribution in [0.1, 0.15) is 126 Å². The largest absolute Gasteiger partial charge is 0.444 e. The number of carbonyl (C=O) groups is 3. The zero-order valence-electron chi connectivity index (χ0n) is 45.2. The summed E-state index contributed by atoms with van der Waals surface area (Å²) in [7, 11) is -7.10. The summed E-state index contributed by atoms with van der Waals surface area (Å²) in [6.07, 6.45) is 10.8. The lowest BCUT2D eigenvalue weighted by molar-refractivity contribution is 0.0494. The number of ether oxygens (including phenoxy) is 1. The van der Waals surface area contributed by atoms with Crippen LogP contribution in [0.25, 0.3) is 11.3 Å². The van der Waals surface area contributed by atoms with Gasteiger partial charge in [-0.3, -0.25) is 19.0 Å². The first kappa shape index (κ1) is 54.7. The van der Waals surface area contributed by atoms with Crippen molar-refractivity contribution in [2.45, 2.75) is 117 Å². The molecule has 0 radical (unpaired) electrons. The van der Waals surface area contributed by atoms with E-state index < -0.39 is 31.7 Å². The van der Waals surface area contributed by atoms with Crippen LogP contribution in [0.2, 0.25) is 0 Å². The van der Waals surface area contributed by atoms with Crippen LogP contribution in [0, 0.1) is 27.7 Å². The first-order chi connectivity index (χ1) is 36.3. The van der Waals surface area contributed by atoms with Gasteiger partial charge < -0.3 is 35.4 Å². The Kier molecular flexibility index (Phi) is 15.2. The van der Waals surface area contributed by atoms with Gasteiger partial charge in [0.25, 0.3) is 11.8 Å². The summed E-state index contributed by atoms with van der Waals surface area (Å²) in [6.45, 7) is 17.2. The molecule has 22 nitrogen and oxygen atoms in total. The number of sulfonamides is 2. The van der Waals surface area contributed by atoms with Crippen LogP contribution in [-0.2, 0) is 24.8 Å². The number of nitrogens with zero attached hydrogens (tertiary/aromatic N) is 10. The fourth-order valence-electron chi connectivity index (χ4n) is 10.4. The quantitative estimate of drug-likeness (QED) is 0.115. The van der Waals surface area contributed by atoms with Crippen molar-refractivity contribution in [1.29, 1.82) is 0 Å². The summed E-state index contributed by atoms with van der Waals surface area (Å²) < 4.78 is 61.6. The van der Waals surface area contributed by atoms with E-state index in [-0.39, 0.29) is 47.4 Å². The Morgan fingerprint density at radius 3 is 1.47 bits per heavy atom. The number of benzene rings is 2. The summed E-state index contributed by atoms with van der Waals surface area (Å²) in [5.41, 5.74) is 13.3. The highest BCUT2D eigenvalue weighted by molar-refractivity contribution is 7.92. The van der Waals surface area contributed by atoms with E-state index in [0.29, 0.717) is 43.0 Å². The fourth-order valence-corrected chi connectivity index (χ4v) is 11.6. The van der Waals surface area contributed by atoms with Crippen molar-refractivity contribution in [1.82, 2.24) is 44.3 Å². The second-order valence-corrected chi connectivity index (χ2v) is 25.5. The highest BCUT2D eigenvalue weighted by Gasteiger charge is 2.36. The van der Waals surface area contributed by atoms with Crippen molar-refractivity contribution in [3.8, 4) is 0 Å². The highest BCUT2D eigenvalue weighted by Crippen LogP contribution is 2.36. The topological polar surface area (TPSA) is 264 Å². The molecular weight excluding hydrogens is 1020 g/mol. The number of amides is 3. The van der Waals surface area contributed by atoms with Gasteiger partial charge in [0.2, 0.25) is 20.0 Å². The normalized spacial score (nSPS) is 18.6. The number of likely N-dealkylation sites (tertiary alicyclic amines) is 2. The summed E-state index contributed by atoms with van der Waals surface area (Å²) in [5.74, 6) is 1.30. The molecule has 0 aliphatic carbocycles. The number of carbonyl (C=O) groups excluding carboxylic acids is 3. The molecule has 4 aliphatic rings. The number of rotatable bonds is 11. The summed E-state index contributed by atoms with van der Waals surface area (Å²) in [4.78, 5) is 57.4. The smallest absolute Gasteiger partial charge is 0.407 e. The van der Waals surface area contributed by atoms with E-state index >= 15 is 0 Å². The molecule has 0 spiro atoms. The number of nitrogens with one attached hydrogen (secondary N) is 3. The lowest BCUT2D eigenvalue weighted by atomic mass is 9.97. The summed E-state index contributed by atoms with van der Waals surface area (Å²) in [6, 6.07) is 13.8. The Morgan fingerprint density at radius 2 is 1.06 bits per heavy atom. The van der Waals surface area contributed by atoms with Gasteiger partial charge >= 0.3 is 6.09 Å². The Morgan fingerprint density at radius 1 is 0.636 bits per heavy atom. The van der Waals surface area contributed by atoms with E-state index in [1.807, 2.05) is 77.9 Å². The lowest BCUT2D eigenvalue weighted by Crippen LogP contribution is -2.60. The van der Waals surface area contributed by atoms with Gasteiger partial charge in [-0.1, -0.05) is 23.3 Å². The van der Waals surface area contributed by atoms with Gasteiger partial charge in [-0.05, 0) is 111 Å². The van der Waals surface area contributed by atoms with Gasteiger partial charge in [-0.25, -0.2) is 40.6 Å². The van der Waals surface area contributed by atoms with E-state index in [9.17, 15) is 31.2 Å². The Bertz CT molecular complexity index is 3470. The third-order valence-corrected chi connectivity index (χ3v) is 15.2. The first-order valence-electron chi connectivity index (χ1n) is 26.0. The molecule has 0 unspecified atom stereocenters. The van der Waals surface area contributed by atoms with Crippen molar-refractivity contribution in [3.05, 3.63) is 106 Å². The summed E-state index contributed by atoms with van der Waals surface area (Å²) >= 11 is 0. The third kappa shape index (κ3) is 12.7. The van der Waals surface area contributed by atoms with Crippen LogP contribution < -0.4 is 30.3 Å². The number of alkyl carbamates (subject to hydrolysis) is 1. The average molecular weight is 1100 g/mol. The molecule has 10 rings (SSSR count). The standard InChI is InChI=1S/C29H39N7O5S.C24H31N7O3S/c1-18-10-11-22(33-42(6,39)40)21(13-18)27(37)35-12-8-7-9-24(35)23-14-25-31-26(19(2)15-36(25)32-23)34-16-20(17-34)30-28(38)41-29(3,4)5;1-15-7-8-19(28-35(3,33)34)18(10-15)24(32)30-9-5-4-6-21(30)20-11-22-26-23(29-13-17(25)14-29)16(2)12-31(22)27-20/h10-11,13-15,20,24,33H,7-9,12,16-17H2,1-6H3,(H,30,38);7-8,10-12,17,21,28H,4-6,9,13-14,25H2,1-3H3/t24-;21-/m00/s1. The fraction of sp³-hybridized carbons (Fsp3) is 0.491. The van der Waals surface area contributed by atoms with Crippen molar-refractivity contribution in [2.24, 2.45) is 5.73 Å². The van der Waals surface area contributed by atoms with Gasteiger partial charge in [-0.15, -0.1) is 0 Å². The van der Waals surface area contributed by atoms with Gasteiger partial charge in [0, 0.05) is 81.0 Å².